The number of benzene rings is 2. The molecule has 0 unspecified atom stereocenters. The van der Waals surface area contributed by atoms with Crippen LogP contribution >= 0.6 is 24.0 Å². The highest BCUT2D eigenvalue weighted by atomic mass is 32.2. The maximum atomic E-state index is 12.7. The van der Waals surface area contributed by atoms with E-state index in [1.165, 1.54) is 23.8 Å². The topological polar surface area (TPSA) is 78.9 Å². The molecule has 8 heteroatoms. The molecule has 1 heterocycles. The first-order valence-electron chi connectivity index (χ1n) is 7.83. The highest BCUT2D eigenvalue weighted by Crippen LogP contribution is 2.37. The van der Waals surface area contributed by atoms with Gasteiger partial charge in [0.1, 0.15) is 6.61 Å². The van der Waals surface area contributed by atoms with Crippen LogP contribution in [0.25, 0.3) is 6.08 Å². The van der Waals surface area contributed by atoms with Crippen molar-refractivity contribution in [2.45, 2.75) is 0 Å². The van der Waals surface area contributed by atoms with Gasteiger partial charge in [0.15, 0.2) is 15.8 Å². The predicted molar refractivity (Wildman–Crippen MR) is 106 cm³/mol. The molecular formula is C19H14NO5S2-. The van der Waals surface area contributed by atoms with Crippen LogP contribution in [-0.4, -0.2) is 29.9 Å². The van der Waals surface area contributed by atoms with Gasteiger partial charge in [0.2, 0.25) is 0 Å². The largest absolute Gasteiger partial charge is 0.546 e. The van der Waals surface area contributed by atoms with Crippen molar-refractivity contribution in [1.29, 1.82) is 0 Å². The Morgan fingerprint density at radius 3 is 2.63 bits per heavy atom. The molecule has 0 bridgehead atoms. The van der Waals surface area contributed by atoms with Gasteiger partial charge in [0.05, 0.1) is 23.7 Å². The van der Waals surface area contributed by atoms with Crippen molar-refractivity contribution < 1.29 is 24.2 Å². The molecule has 0 aliphatic carbocycles. The summed E-state index contributed by atoms with van der Waals surface area (Å²) in [6.45, 7) is -0.578. The van der Waals surface area contributed by atoms with E-state index in [1.54, 1.807) is 24.3 Å². The fourth-order valence-corrected chi connectivity index (χ4v) is 3.75. The molecule has 1 aliphatic rings. The van der Waals surface area contributed by atoms with E-state index in [1.807, 2.05) is 30.3 Å². The third kappa shape index (κ3) is 4.29. The van der Waals surface area contributed by atoms with Gasteiger partial charge < -0.3 is 19.4 Å². The zero-order valence-electron chi connectivity index (χ0n) is 14.2. The summed E-state index contributed by atoms with van der Waals surface area (Å²) in [5, 5.41) is 10.5. The standard InChI is InChI=1S/C19H15NO5S2/c1-24-15-9-12(7-8-14(15)25-11-17(21)22)10-16-18(23)20(19(26)27-16)13-5-3-2-4-6-13/h2-10H,11H2,1H3,(H,21,22)/p-1/b16-10-. The van der Waals surface area contributed by atoms with Crippen molar-refractivity contribution in [2.75, 3.05) is 18.6 Å². The normalized spacial score (nSPS) is 15.3. The molecule has 6 nitrogen and oxygen atoms in total. The number of para-hydroxylation sites is 1. The number of carbonyl (C=O) groups is 2. The quantitative estimate of drug-likeness (QED) is 0.543. The molecule has 0 saturated carbocycles. The third-order valence-corrected chi connectivity index (χ3v) is 4.94. The number of thioether (sulfide) groups is 1. The van der Waals surface area contributed by atoms with E-state index in [2.05, 4.69) is 0 Å². The number of methoxy groups -OCH3 is 1. The van der Waals surface area contributed by atoms with E-state index in [9.17, 15) is 14.7 Å². The second-order valence-corrected chi connectivity index (χ2v) is 7.10. The van der Waals surface area contributed by atoms with Crippen molar-refractivity contribution in [3.63, 3.8) is 0 Å². The number of hydrogen-bond donors (Lipinski definition) is 0. The Morgan fingerprint density at radius 2 is 1.96 bits per heavy atom. The van der Waals surface area contributed by atoms with Gasteiger partial charge in [-0.3, -0.25) is 9.69 Å². The van der Waals surface area contributed by atoms with Crippen LogP contribution in [0.2, 0.25) is 0 Å². The molecule has 2 aromatic rings. The summed E-state index contributed by atoms with van der Waals surface area (Å²) in [7, 11) is 1.44. The van der Waals surface area contributed by atoms with Crippen LogP contribution in [0, 0.1) is 0 Å². The summed E-state index contributed by atoms with van der Waals surface area (Å²) in [6.07, 6.45) is 1.70. The molecule has 1 aliphatic heterocycles. The second-order valence-electron chi connectivity index (χ2n) is 5.42. The van der Waals surface area contributed by atoms with Gasteiger partial charge in [-0.25, -0.2) is 0 Å². The van der Waals surface area contributed by atoms with E-state index in [0.29, 0.717) is 26.2 Å². The molecule has 0 radical (unpaired) electrons. The van der Waals surface area contributed by atoms with Crippen LogP contribution in [0.15, 0.2) is 53.4 Å². The monoisotopic (exact) mass is 400 g/mol. The summed E-state index contributed by atoms with van der Waals surface area (Å²) < 4.78 is 10.8. The minimum absolute atomic E-state index is 0.201. The van der Waals surface area contributed by atoms with Gasteiger partial charge in [-0.2, -0.15) is 0 Å². The van der Waals surface area contributed by atoms with Crippen molar-refractivity contribution in [3.8, 4) is 11.5 Å². The molecule has 3 rings (SSSR count). The molecule has 138 valence electrons. The third-order valence-electron chi connectivity index (χ3n) is 3.64. The Morgan fingerprint density at radius 1 is 1.22 bits per heavy atom. The number of thiocarbonyl (C=S) groups is 1. The number of aliphatic carboxylic acids is 1. The number of carbonyl (C=O) groups excluding carboxylic acids is 2. The van der Waals surface area contributed by atoms with Gasteiger partial charge in [-0.1, -0.05) is 48.2 Å². The van der Waals surface area contributed by atoms with E-state index < -0.39 is 12.6 Å². The van der Waals surface area contributed by atoms with E-state index in [4.69, 9.17) is 21.7 Å². The fraction of sp³-hybridized carbons (Fsp3) is 0.105. The number of hydrogen-bond acceptors (Lipinski definition) is 7. The Kier molecular flexibility index (Phi) is 5.78. The Labute approximate surface area is 165 Å². The molecule has 1 amide bonds. The van der Waals surface area contributed by atoms with Crippen LogP contribution in [0.3, 0.4) is 0 Å². The molecule has 27 heavy (non-hydrogen) atoms. The fourth-order valence-electron chi connectivity index (χ4n) is 2.45. The Bertz CT molecular complexity index is 927. The van der Waals surface area contributed by atoms with Gasteiger partial charge in [-0.15, -0.1) is 0 Å². The van der Waals surface area contributed by atoms with E-state index >= 15 is 0 Å². The summed E-state index contributed by atoms with van der Waals surface area (Å²) in [4.78, 5) is 25.2. The number of amides is 1. The van der Waals surface area contributed by atoms with E-state index in [0.717, 1.165) is 0 Å². The lowest BCUT2D eigenvalue weighted by Crippen LogP contribution is -2.29. The molecule has 1 saturated heterocycles. The first kappa shape index (κ1) is 18.9. The lowest BCUT2D eigenvalue weighted by atomic mass is 10.2. The molecule has 0 spiro atoms. The molecule has 0 atom stereocenters. The van der Waals surface area contributed by atoms with E-state index in [-0.39, 0.29) is 11.7 Å². The Balaban J connectivity index is 1.85. The van der Waals surface area contributed by atoms with Crippen molar-refractivity contribution in [3.05, 3.63) is 59.0 Å². The number of carboxylic acid groups (broad SMARTS) is 1. The minimum Gasteiger partial charge on any atom is -0.546 e. The highest BCUT2D eigenvalue weighted by molar-refractivity contribution is 8.27. The van der Waals surface area contributed by atoms with Crippen molar-refractivity contribution >= 4 is 51.9 Å². The number of nitrogens with zero attached hydrogens (tertiary/aromatic N) is 1. The van der Waals surface area contributed by atoms with Crippen LogP contribution in [0.1, 0.15) is 5.56 Å². The summed E-state index contributed by atoms with van der Waals surface area (Å²) in [5.41, 5.74) is 1.41. The number of rotatable bonds is 6. The predicted octanol–water partition coefficient (Wildman–Crippen LogP) is 2.23. The van der Waals surface area contributed by atoms with Gasteiger partial charge in [0, 0.05) is 0 Å². The number of ether oxygens (including phenoxy) is 2. The SMILES string of the molecule is COc1cc(/C=C2\SC(=S)N(c3ccccc3)C2=O)ccc1OCC(=O)[O-]. The van der Waals surface area contributed by atoms with Crippen molar-refractivity contribution in [1.82, 2.24) is 0 Å². The molecule has 0 aromatic heterocycles. The summed E-state index contributed by atoms with van der Waals surface area (Å²) in [5.74, 6) is -0.905. The molecular weight excluding hydrogens is 386 g/mol. The summed E-state index contributed by atoms with van der Waals surface area (Å²) >= 11 is 6.56. The molecule has 0 N–H and O–H groups in total. The zero-order valence-corrected chi connectivity index (χ0v) is 15.8. The minimum atomic E-state index is -1.33. The average Bonchev–Trinajstić information content (AvgIpc) is 2.94. The van der Waals surface area contributed by atoms with Crippen LogP contribution in [-0.2, 0) is 9.59 Å². The second kappa shape index (κ2) is 8.24. The average molecular weight is 400 g/mol. The van der Waals surface area contributed by atoms with Gasteiger partial charge in [-0.05, 0) is 35.9 Å². The number of carboxylic acids is 1. The zero-order chi connectivity index (χ0) is 19.4. The smallest absolute Gasteiger partial charge is 0.270 e. The lowest BCUT2D eigenvalue weighted by Gasteiger charge is -2.14. The highest BCUT2D eigenvalue weighted by Gasteiger charge is 2.33. The Hall–Kier alpha value is -2.84. The van der Waals surface area contributed by atoms with Gasteiger partial charge in [0.25, 0.3) is 5.91 Å². The molecule has 1 fully saturated rings. The van der Waals surface area contributed by atoms with Crippen LogP contribution in [0.4, 0.5) is 5.69 Å². The maximum absolute atomic E-state index is 12.7. The molecule has 2 aromatic carbocycles. The lowest BCUT2D eigenvalue weighted by molar-refractivity contribution is -0.307. The summed E-state index contributed by atoms with van der Waals surface area (Å²) in [6, 6.07) is 14.1. The first-order valence-corrected chi connectivity index (χ1v) is 9.06. The number of anilines is 1. The first-order chi connectivity index (χ1) is 13.0. The van der Waals surface area contributed by atoms with Crippen LogP contribution in [0.5, 0.6) is 11.5 Å². The van der Waals surface area contributed by atoms with Gasteiger partial charge >= 0.3 is 0 Å². The van der Waals surface area contributed by atoms with Crippen LogP contribution < -0.4 is 19.5 Å². The van der Waals surface area contributed by atoms with Crippen molar-refractivity contribution in [2.24, 2.45) is 0 Å². The maximum Gasteiger partial charge on any atom is 0.270 e.